The molecule has 2 amide bonds. The largest absolute Gasteiger partial charge is 0.340 e. The van der Waals surface area contributed by atoms with E-state index in [9.17, 15) is 9.59 Å². The van der Waals surface area contributed by atoms with Crippen LogP contribution in [0.2, 0.25) is 0 Å². The highest BCUT2D eigenvalue weighted by atomic mass is 16.2. The third kappa shape index (κ3) is 4.37. The molecule has 4 heteroatoms. The van der Waals surface area contributed by atoms with E-state index in [2.05, 4.69) is 19.1 Å². The van der Waals surface area contributed by atoms with Gasteiger partial charge in [-0.2, -0.15) is 0 Å². The summed E-state index contributed by atoms with van der Waals surface area (Å²) in [4.78, 5) is 29.0. The van der Waals surface area contributed by atoms with Crippen LogP contribution in [0.4, 0.5) is 0 Å². The molecule has 1 aromatic carbocycles. The van der Waals surface area contributed by atoms with Gasteiger partial charge in [0.1, 0.15) is 0 Å². The third-order valence-electron chi connectivity index (χ3n) is 5.27. The molecule has 4 nitrogen and oxygen atoms in total. The lowest BCUT2D eigenvalue weighted by atomic mass is 10.1. The molecule has 3 rings (SSSR count). The Labute approximate surface area is 144 Å². The van der Waals surface area contributed by atoms with Crippen molar-refractivity contribution in [3.05, 3.63) is 35.9 Å². The van der Waals surface area contributed by atoms with E-state index in [4.69, 9.17) is 0 Å². The Morgan fingerprint density at radius 2 is 1.96 bits per heavy atom. The van der Waals surface area contributed by atoms with Crippen molar-refractivity contribution in [1.29, 1.82) is 0 Å². The zero-order valence-electron chi connectivity index (χ0n) is 14.6. The van der Waals surface area contributed by atoms with Crippen molar-refractivity contribution >= 4 is 11.8 Å². The minimum Gasteiger partial charge on any atom is -0.340 e. The van der Waals surface area contributed by atoms with Crippen molar-refractivity contribution in [1.82, 2.24) is 9.80 Å². The van der Waals surface area contributed by atoms with Crippen LogP contribution in [0.5, 0.6) is 0 Å². The van der Waals surface area contributed by atoms with E-state index in [0.29, 0.717) is 32.5 Å². The Kier molecular flexibility index (Phi) is 5.54. The number of carbonyl (C=O) groups excluding carboxylic acids is 2. The Bertz CT molecular complexity index is 568. The van der Waals surface area contributed by atoms with Crippen LogP contribution in [0.15, 0.2) is 30.3 Å². The smallest absolute Gasteiger partial charge is 0.224 e. The van der Waals surface area contributed by atoms with E-state index in [1.807, 2.05) is 28.0 Å². The van der Waals surface area contributed by atoms with E-state index in [0.717, 1.165) is 24.3 Å². The Hall–Kier alpha value is -1.84. The normalized spacial score (nSPS) is 21.7. The van der Waals surface area contributed by atoms with Crippen LogP contribution in [0.25, 0.3) is 0 Å². The molecule has 1 aromatic rings. The molecule has 0 N–H and O–H groups in total. The van der Waals surface area contributed by atoms with E-state index >= 15 is 0 Å². The molecule has 1 saturated carbocycles. The minimum absolute atomic E-state index is 0.116. The van der Waals surface area contributed by atoms with Crippen LogP contribution >= 0.6 is 0 Å². The Morgan fingerprint density at radius 3 is 2.62 bits per heavy atom. The Morgan fingerprint density at radius 1 is 1.21 bits per heavy atom. The van der Waals surface area contributed by atoms with Crippen LogP contribution in [0.1, 0.15) is 51.0 Å². The van der Waals surface area contributed by atoms with E-state index < -0.39 is 0 Å². The SMILES string of the molecule is CCC1CN(C(=O)CCC2CC2)CCC(=O)N1Cc1ccccc1. The zero-order chi connectivity index (χ0) is 16.9. The molecule has 1 aliphatic carbocycles. The van der Waals surface area contributed by atoms with Crippen molar-refractivity contribution < 1.29 is 9.59 Å². The number of hydrogen-bond donors (Lipinski definition) is 0. The second kappa shape index (κ2) is 7.82. The van der Waals surface area contributed by atoms with Crippen molar-refractivity contribution in [2.24, 2.45) is 5.92 Å². The van der Waals surface area contributed by atoms with E-state index in [1.165, 1.54) is 12.8 Å². The summed E-state index contributed by atoms with van der Waals surface area (Å²) < 4.78 is 0. The lowest BCUT2D eigenvalue weighted by Gasteiger charge is -2.31. The number of hydrogen-bond acceptors (Lipinski definition) is 2. The fraction of sp³-hybridized carbons (Fsp3) is 0.600. The van der Waals surface area contributed by atoms with Crippen molar-refractivity contribution in [3.63, 3.8) is 0 Å². The van der Waals surface area contributed by atoms with Gasteiger partial charge in [0.2, 0.25) is 11.8 Å². The number of rotatable bonds is 6. The van der Waals surface area contributed by atoms with Crippen LogP contribution in [-0.2, 0) is 16.1 Å². The summed E-state index contributed by atoms with van der Waals surface area (Å²) in [5.74, 6) is 1.18. The lowest BCUT2D eigenvalue weighted by molar-refractivity contribution is -0.133. The molecule has 0 aromatic heterocycles. The van der Waals surface area contributed by atoms with Crippen LogP contribution in [0, 0.1) is 5.92 Å². The van der Waals surface area contributed by atoms with Gasteiger partial charge in [-0.1, -0.05) is 50.1 Å². The maximum Gasteiger partial charge on any atom is 0.224 e. The van der Waals surface area contributed by atoms with Gasteiger partial charge >= 0.3 is 0 Å². The van der Waals surface area contributed by atoms with Crippen molar-refractivity contribution in [2.45, 2.75) is 58.0 Å². The summed E-state index contributed by atoms with van der Waals surface area (Å²) in [6, 6.07) is 10.2. The maximum atomic E-state index is 12.6. The highest BCUT2D eigenvalue weighted by Crippen LogP contribution is 2.33. The molecule has 1 aliphatic heterocycles. The predicted molar refractivity (Wildman–Crippen MR) is 94.2 cm³/mol. The van der Waals surface area contributed by atoms with Crippen LogP contribution in [0.3, 0.4) is 0 Å². The third-order valence-corrected chi connectivity index (χ3v) is 5.27. The average molecular weight is 328 g/mol. The van der Waals surface area contributed by atoms with Gasteiger partial charge in [-0.05, 0) is 24.3 Å². The quantitative estimate of drug-likeness (QED) is 0.804. The van der Waals surface area contributed by atoms with Gasteiger partial charge in [-0.15, -0.1) is 0 Å². The van der Waals surface area contributed by atoms with E-state index in [-0.39, 0.29) is 17.9 Å². The van der Waals surface area contributed by atoms with Crippen molar-refractivity contribution in [2.75, 3.05) is 13.1 Å². The maximum absolute atomic E-state index is 12.6. The van der Waals surface area contributed by atoms with Gasteiger partial charge in [0.15, 0.2) is 0 Å². The number of benzene rings is 1. The van der Waals surface area contributed by atoms with Crippen LogP contribution in [-0.4, -0.2) is 40.7 Å². The fourth-order valence-corrected chi connectivity index (χ4v) is 3.49. The molecule has 1 unspecified atom stereocenters. The molecule has 1 saturated heterocycles. The van der Waals surface area contributed by atoms with Gasteiger partial charge in [-0.3, -0.25) is 9.59 Å². The molecule has 1 heterocycles. The standard InChI is InChI=1S/C20H28N2O2/c1-2-18-15-21(19(23)11-10-16-8-9-16)13-12-20(24)22(18)14-17-6-4-3-5-7-17/h3-7,16,18H,2,8-15H2,1H3. The van der Waals surface area contributed by atoms with Gasteiger partial charge in [0.25, 0.3) is 0 Å². The topological polar surface area (TPSA) is 40.6 Å². The first kappa shape index (κ1) is 17.0. The molecule has 130 valence electrons. The summed E-state index contributed by atoms with van der Waals surface area (Å²) in [6.45, 7) is 4.00. The second-order valence-corrected chi connectivity index (χ2v) is 7.14. The summed E-state index contributed by atoms with van der Waals surface area (Å²) in [5, 5.41) is 0. The molecular weight excluding hydrogens is 300 g/mol. The van der Waals surface area contributed by atoms with Gasteiger partial charge < -0.3 is 9.80 Å². The highest BCUT2D eigenvalue weighted by Gasteiger charge is 2.31. The second-order valence-electron chi connectivity index (χ2n) is 7.14. The summed E-state index contributed by atoms with van der Waals surface area (Å²) in [6.07, 6.45) is 5.56. The molecule has 2 aliphatic rings. The number of carbonyl (C=O) groups is 2. The Balaban J connectivity index is 1.64. The summed E-state index contributed by atoms with van der Waals surface area (Å²) in [7, 11) is 0. The van der Waals surface area contributed by atoms with Gasteiger partial charge in [0, 0.05) is 38.5 Å². The minimum atomic E-state index is 0.116. The molecule has 0 bridgehead atoms. The first-order valence-corrected chi connectivity index (χ1v) is 9.28. The van der Waals surface area contributed by atoms with E-state index in [1.54, 1.807) is 0 Å². The highest BCUT2D eigenvalue weighted by molar-refractivity contribution is 5.80. The molecule has 1 atom stereocenters. The van der Waals surface area contributed by atoms with Crippen molar-refractivity contribution in [3.8, 4) is 0 Å². The lowest BCUT2D eigenvalue weighted by Crippen LogP contribution is -2.43. The summed E-state index contributed by atoms with van der Waals surface area (Å²) >= 11 is 0. The predicted octanol–water partition coefficient (Wildman–Crippen LogP) is 3.22. The molecule has 24 heavy (non-hydrogen) atoms. The molecule has 2 fully saturated rings. The first-order valence-electron chi connectivity index (χ1n) is 9.28. The van der Waals surface area contributed by atoms with Gasteiger partial charge in [-0.25, -0.2) is 0 Å². The molecular formula is C20H28N2O2. The summed E-state index contributed by atoms with van der Waals surface area (Å²) in [5.41, 5.74) is 1.15. The van der Waals surface area contributed by atoms with Crippen LogP contribution < -0.4 is 0 Å². The fourth-order valence-electron chi connectivity index (χ4n) is 3.49. The average Bonchev–Trinajstić information content (AvgIpc) is 3.43. The van der Waals surface area contributed by atoms with Gasteiger partial charge in [0.05, 0.1) is 0 Å². The molecule has 0 spiro atoms. The number of nitrogens with zero attached hydrogens (tertiary/aromatic N) is 2. The zero-order valence-corrected chi connectivity index (χ0v) is 14.6. The monoisotopic (exact) mass is 328 g/mol. The first-order chi connectivity index (χ1) is 11.7. The molecule has 0 radical (unpaired) electrons. The number of amides is 2.